The molecule has 1 fully saturated rings. The average Bonchev–Trinajstić information content (AvgIpc) is 2.68. The molecule has 0 bridgehead atoms. The van der Waals surface area contributed by atoms with E-state index in [1.165, 1.54) is 0 Å². The van der Waals surface area contributed by atoms with Crippen LogP contribution in [0.25, 0.3) is 11.3 Å². The largest absolute Gasteiger partial charge is 0.465 e. The first-order chi connectivity index (χ1) is 12.7. The van der Waals surface area contributed by atoms with Crippen molar-refractivity contribution in [2.24, 2.45) is 0 Å². The first-order valence-electron chi connectivity index (χ1n) is 8.57. The predicted molar refractivity (Wildman–Crippen MR) is 99.1 cm³/mol. The molecular formula is C19H21N5O2. The van der Waals surface area contributed by atoms with Gasteiger partial charge in [0.05, 0.1) is 17.3 Å². The summed E-state index contributed by atoms with van der Waals surface area (Å²) in [5.74, 6) is 0.924. The Labute approximate surface area is 152 Å². The van der Waals surface area contributed by atoms with Crippen molar-refractivity contribution in [2.45, 2.75) is 0 Å². The summed E-state index contributed by atoms with van der Waals surface area (Å²) in [4.78, 5) is 19.7. The third-order valence-electron chi connectivity index (χ3n) is 4.42. The molecule has 0 saturated carbocycles. The highest BCUT2D eigenvalue weighted by Gasteiger charge is 2.18. The van der Waals surface area contributed by atoms with Crippen LogP contribution in [0.15, 0.2) is 42.5 Å². The Kier molecular flexibility index (Phi) is 5.66. The van der Waals surface area contributed by atoms with E-state index in [0.29, 0.717) is 18.7 Å². The zero-order valence-corrected chi connectivity index (χ0v) is 14.4. The minimum absolute atomic E-state index is 0.443. The number of hydrogen-bond acceptors (Lipinski definition) is 5. The highest BCUT2D eigenvalue weighted by atomic mass is 16.4. The van der Waals surface area contributed by atoms with Crippen LogP contribution < -0.4 is 10.2 Å². The summed E-state index contributed by atoms with van der Waals surface area (Å²) >= 11 is 0. The maximum absolute atomic E-state index is 10.5. The van der Waals surface area contributed by atoms with Crippen LogP contribution in [0.4, 0.5) is 10.6 Å². The molecule has 0 unspecified atom stereocenters. The zero-order valence-electron chi connectivity index (χ0n) is 14.4. The zero-order chi connectivity index (χ0) is 18.4. The second-order valence-corrected chi connectivity index (χ2v) is 6.13. The summed E-state index contributed by atoms with van der Waals surface area (Å²) in [5, 5.41) is 20.1. The summed E-state index contributed by atoms with van der Waals surface area (Å²) in [7, 11) is 0. The number of amides is 1. The molecule has 3 rings (SSSR count). The van der Waals surface area contributed by atoms with Crippen molar-refractivity contribution in [2.75, 3.05) is 44.2 Å². The number of nitrogens with one attached hydrogen (secondary N) is 1. The third kappa shape index (κ3) is 4.49. The van der Waals surface area contributed by atoms with Crippen molar-refractivity contribution in [3.63, 3.8) is 0 Å². The van der Waals surface area contributed by atoms with E-state index in [4.69, 9.17) is 15.4 Å². The quantitative estimate of drug-likeness (QED) is 0.856. The number of nitriles is 1. The molecule has 1 aromatic carbocycles. The molecule has 0 atom stereocenters. The molecule has 2 aromatic rings. The van der Waals surface area contributed by atoms with Crippen LogP contribution in [0.3, 0.4) is 0 Å². The van der Waals surface area contributed by atoms with Gasteiger partial charge in [-0.25, -0.2) is 9.78 Å². The van der Waals surface area contributed by atoms with Gasteiger partial charge in [-0.2, -0.15) is 5.26 Å². The van der Waals surface area contributed by atoms with Gasteiger partial charge in [0, 0.05) is 44.8 Å². The maximum Gasteiger partial charge on any atom is 0.404 e. The third-order valence-corrected chi connectivity index (χ3v) is 4.42. The van der Waals surface area contributed by atoms with E-state index in [1.54, 1.807) is 6.07 Å². The lowest BCUT2D eigenvalue weighted by atomic mass is 10.1. The highest BCUT2D eigenvalue weighted by molar-refractivity contribution is 5.64. The number of benzene rings is 1. The van der Waals surface area contributed by atoms with Crippen LogP contribution in [0.2, 0.25) is 0 Å². The monoisotopic (exact) mass is 351 g/mol. The summed E-state index contributed by atoms with van der Waals surface area (Å²) < 4.78 is 0. The van der Waals surface area contributed by atoms with Crippen molar-refractivity contribution < 1.29 is 9.90 Å². The maximum atomic E-state index is 10.5. The van der Waals surface area contributed by atoms with Gasteiger partial charge in [-0.05, 0) is 24.3 Å². The Hall–Kier alpha value is -3.11. The van der Waals surface area contributed by atoms with E-state index in [0.717, 1.165) is 43.3 Å². The summed E-state index contributed by atoms with van der Waals surface area (Å²) in [5.41, 5.74) is 2.41. The number of carboxylic acid groups (broad SMARTS) is 1. The summed E-state index contributed by atoms with van der Waals surface area (Å²) in [6.45, 7) is 4.60. The topological polar surface area (TPSA) is 92.5 Å². The minimum atomic E-state index is -0.981. The van der Waals surface area contributed by atoms with Crippen molar-refractivity contribution in [3.05, 3.63) is 48.0 Å². The Morgan fingerprint density at radius 1 is 1.19 bits per heavy atom. The molecule has 1 amide bonds. The number of anilines is 1. The van der Waals surface area contributed by atoms with Gasteiger partial charge < -0.3 is 15.3 Å². The number of hydrogen-bond donors (Lipinski definition) is 2. The fraction of sp³-hybridized carbons (Fsp3) is 0.316. The first kappa shape index (κ1) is 17.7. The minimum Gasteiger partial charge on any atom is -0.465 e. The van der Waals surface area contributed by atoms with Crippen molar-refractivity contribution in [1.29, 1.82) is 5.26 Å². The molecular weight excluding hydrogens is 330 g/mol. The van der Waals surface area contributed by atoms with Gasteiger partial charge in [-0.1, -0.05) is 18.2 Å². The standard InChI is InChI=1S/C19H21N5O2/c20-14-15-3-1-4-16(13-15)17-5-2-6-18(22-17)24-11-9-23(10-12-24)8-7-21-19(25)26/h1-6,13,21H,7-12H2,(H,25,26). The molecule has 1 aliphatic rings. The Morgan fingerprint density at radius 3 is 2.69 bits per heavy atom. The van der Waals surface area contributed by atoms with Crippen LogP contribution in [0.1, 0.15) is 5.56 Å². The number of rotatable bonds is 5. The van der Waals surface area contributed by atoms with Gasteiger partial charge >= 0.3 is 6.09 Å². The van der Waals surface area contributed by atoms with Gasteiger partial charge in [-0.3, -0.25) is 4.90 Å². The molecule has 2 heterocycles. The fourth-order valence-electron chi connectivity index (χ4n) is 3.03. The van der Waals surface area contributed by atoms with Gasteiger partial charge in [0.25, 0.3) is 0 Å². The molecule has 26 heavy (non-hydrogen) atoms. The molecule has 2 N–H and O–H groups in total. The first-order valence-corrected chi connectivity index (χ1v) is 8.57. The lowest BCUT2D eigenvalue weighted by Gasteiger charge is -2.35. The van der Waals surface area contributed by atoms with Gasteiger partial charge in [0.2, 0.25) is 0 Å². The van der Waals surface area contributed by atoms with Crippen LogP contribution >= 0.6 is 0 Å². The van der Waals surface area contributed by atoms with Crippen molar-refractivity contribution in [1.82, 2.24) is 15.2 Å². The lowest BCUT2D eigenvalue weighted by molar-refractivity contribution is 0.190. The number of carbonyl (C=O) groups is 1. The van der Waals surface area contributed by atoms with E-state index in [1.807, 2.05) is 36.4 Å². The molecule has 1 aromatic heterocycles. The average molecular weight is 351 g/mol. The second kappa shape index (κ2) is 8.32. The van der Waals surface area contributed by atoms with E-state index in [2.05, 4.69) is 21.2 Å². The summed E-state index contributed by atoms with van der Waals surface area (Å²) in [6, 6.07) is 15.6. The predicted octanol–water partition coefficient (Wildman–Crippen LogP) is 2.01. The van der Waals surface area contributed by atoms with Crippen LogP contribution in [0.5, 0.6) is 0 Å². The fourth-order valence-corrected chi connectivity index (χ4v) is 3.03. The van der Waals surface area contributed by atoms with Crippen LogP contribution in [-0.2, 0) is 0 Å². The molecule has 134 valence electrons. The van der Waals surface area contributed by atoms with E-state index in [9.17, 15) is 4.79 Å². The van der Waals surface area contributed by atoms with E-state index >= 15 is 0 Å². The van der Waals surface area contributed by atoms with E-state index in [-0.39, 0.29) is 0 Å². The van der Waals surface area contributed by atoms with Gasteiger partial charge in [0.1, 0.15) is 5.82 Å². The van der Waals surface area contributed by atoms with Gasteiger partial charge in [0.15, 0.2) is 0 Å². The Bertz CT molecular complexity index is 810. The van der Waals surface area contributed by atoms with Crippen molar-refractivity contribution in [3.8, 4) is 17.3 Å². The number of piperazine rings is 1. The SMILES string of the molecule is N#Cc1cccc(-c2cccc(N3CCN(CCNC(=O)O)CC3)n2)c1. The summed E-state index contributed by atoms with van der Waals surface area (Å²) in [6.07, 6.45) is -0.981. The van der Waals surface area contributed by atoms with Gasteiger partial charge in [-0.15, -0.1) is 0 Å². The smallest absolute Gasteiger partial charge is 0.404 e. The molecule has 7 nitrogen and oxygen atoms in total. The Morgan fingerprint density at radius 2 is 1.96 bits per heavy atom. The highest BCUT2D eigenvalue weighted by Crippen LogP contribution is 2.22. The molecule has 1 saturated heterocycles. The van der Waals surface area contributed by atoms with E-state index < -0.39 is 6.09 Å². The molecule has 0 radical (unpaired) electrons. The van der Waals surface area contributed by atoms with Crippen LogP contribution in [-0.4, -0.2) is 60.4 Å². The number of aromatic nitrogens is 1. The number of nitrogens with zero attached hydrogens (tertiary/aromatic N) is 4. The molecule has 7 heteroatoms. The normalized spacial score (nSPS) is 14.7. The molecule has 0 spiro atoms. The van der Waals surface area contributed by atoms with Crippen LogP contribution in [0, 0.1) is 11.3 Å². The molecule has 0 aliphatic carbocycles. The lowest BCUT2D eigenvalue weighted by Crippen LogP contribution is -2.48. The Balaban J connectivity index is 1.62. The number of pyridine rings is 1. The molecule has 1 aliphatic heterocycles. The van der Waals surface area contributed by atoms with Crippen molar-refractivity contribution >= 4 is 11.9 Å². The second-order valence-electron chi connectivity index (χ2n) is 6.13.